The molecule has 0 atom stereocenters. The van der Waals surface area contributed by atoms with Crippen LogP contribution < -0.4 is 0 Å². The molecule has 0 fully saturated rings. The summed E-state index contributed by atoms with van der Waals surface area (Å²) in [5, 5.41) is 0. The molecule has 0 aromatic carbocycles. The molecule has 0 aliphatic rings. The number of thioether (sulfide) groups is 4. The Labute approximate surface area is 130 Å². The van der Waals surface area contributed by atoms with Gasteiger partial charge in [-0.25, -0.2) is 0 Å². The van der Waals surface area contributed by atoms with Gasteiger partial charge in [0.05, 0.1) is 0 Å². The second-order valence-corrected chi connectivity index (χ2v) is 7.59. The van der Waals surface area contributed by atoms with Crippen molar-refractivity contribution in [2.24, 2.45) is 0 Å². The third-order valence-electron chi connectivity index (χ3n) is 0. The Kier molecular flexibility index (Phi) is 142. The molecule has 102 valence electrons. The average Bonchev–Trinajstić information content (AvgIpc) is 2.09. The van der Waals surface area contributed by atoms with Crippen molar-refractivity contribution in [3.05, 3.63) is 0 Å². The predicted molar refractivity (Wildman–Crippen MR) is 89.5 cm³/mol. The zero-order valence-electron chi connectivity index (χ0n) is 10.7. The van der Waals surface area contributed by atoms with Gasteiger partial charge in [0.25, 0.3) is 0 Å². The monoisotopic (exact) mass is 420 g/mol. The molecule has 7 heteroatoms. The van der Waals surface area contributed by atoms with Gasteiger partial charge in [0.1, 0.15) is 0 Å². The Balaban J connectivity index is -0.0000000278. The quantitative estimate of drug-likeness (QED) is 0.488. The minimum absolute atomic E-state index is 0.346. The first kappa shape index (κ1) is 30.6. The molecule has 0 aromatic heterocycles. The molecule has 15 heavy (non-hydrogen) atoms. The summed E-state index contributed by atoms with van der Waals surface area (Å²) < 4.78 is 0. The van der Waals surface area contributed by atoms with Gasteiger partial charge in [0.2, 0.25) is 0 Å². The van der Waals surface area contributed by atoms with Crippen molar-refractivity contribution in [2.45, 2.75) is 0 Å². The first-order valence-electron chi connectivity index (χ1n) is 3.53. The molecule has 0 amide bonds. The van der Waals surface area contributed by atoms with E-state index in [9.17, 15) is 0 Å². The van der Waals surface area contributed by atoms with Crippen LogP contribution in [-0.2, 0) is 15.1 Å². The Morgan fingerprint density at radius 3 is 0.533 bits per heavy atom. The molecule has 0 unspecified atom stereocenters. The van der Waals surface area contributed by atoms with Crippen molar-refractivity contribution in [2.75, 3.05) is 50.0 Å². The molecular formula is C8H24Cl2RuS4. The Morgan fingerprint density at radius 2 is 0.533 bits per heavy atom. The topological polar surface area (TPSA) is 0 Å². The standard InChI is InChI=1S/4C2H6S.2ClH.Ru/c4*1-3-2;;;/h4*1-2H3;2*1H;/q;;;;;;+2/p-2. The van der Waals surface area contributed by atoms with Crippen molar-refractivity contribution in [1.82, 2.24) is 0 Å². The van der Waals surface area contributed by atoms with E-state index < -0.39 is 0 Å². The minimum atomic E-state index is -0.346. The molecule has 0 N–H and O–H groups in total. The van der Waals surface area contributed by atoms with Crippen LogP contribution in [0.25, 0.3) is 0 Å². The summed E-state index contributed by atoms with van der Waals surface area (Å²) in [5.74, 6) is 0. The zero-order chi connectivity index (χ0) is 13.5. The molecule has 0 aliphatic carbocycles. The number of hydrogen-bond acceptors (Lipinski definition) is 4. The number of halogens is 2. The third-order valence-corrected chi connectivity index (χ3v) is 0. The first-order valence-corrected chi connectivity index (χ1v) is 14.5. The second kappa shape index (κ2) is 69.9. The normalized spacial score (nSPS) is 6.27. The summed E-state index contributed by atoms with van der Waals surface area (Å²) in [5.41, 5.74) is 0. The molecule has 0 bridgehead atoms. The molecule has 0 aromatic rings. The van der Waals surface area contributed by atoms with Gasteiger partial charge in [-0.1, -0.05) is 0 Å². The van der Waals surface area contributed by atoms with E-state index in [0.29, 0.717) is 0 Å². The van der Waals surface area contributed by atoms with E-state index in [1.165, 1.54) is 0 Å². The van der Waals surface area contributed by atoms with Gasteiger partial charge >= 0.3 is 34.5 Å². The molecule has 0 saturated carbocycles. The van der Waals surface area contributed by atoms with E-state index in [-0.39, 0.29) is 15.1 Å². The van der Waals surface area contributed by atoms with E-state index in [0.717, 1.165) is 0 Å². The van der Waals surface area contributed by atoms with Gasteiger partial charge < -0.3 is 0 Å². The number of hydrogen-bond donors (Lipinski definition) is 0. The second-order valence-electron chi connectivity index (χ2n) is 1.68. The van der Waals surface area contributed by atoms with Gasteiger partial charge in [-0.15, -0.1) is 0 Å². The maximum atomic E-state index is 4.85. The van der Waals surface area contributed by atoms with Crippen LogP contribution in [0.2, 0.25) is 0 Å². The summed E-state index contributed by atoms with van der Waals surface area (Å²) in [6, 6.07) is 0. The summed E-state index contributed by atoms with van der Waals surface area (Å²) in [4.78, 5) is 0. The Morgan fingerprint density at radius 1 is 0.533 bits per heavy atom. The van der Waals surface area contributed by atoms with E-state index in [2.05, 4.69) is 0 Å². The van der Waals surface area contributed by atoms with Gasteiger partial charge in [-0.3, -0.25) is 0 Å². The van der Waals surface area contributed by atoms with Crippen LogP contribution in [0.1, 0.15) is 0 Å². The van der Waals surface area contributed by atoms with Gasteiger partial charge in [0.15, 0.2) is 0 Å². The predicted octanol–water partition coefficient (Wildman–Crippen LogP) is 5.29. The fourth-order valence-corrected chi connectivity index (χ4v) is 0. The summed E-state index contributed by atoms with van der Waals surface area (Å²) in [6.45, 7) is 0. The van der Waals surface area contributed by atoms with Crippen LogP contribution in [0, 0.1) is 0 Å². The molecule has 0 aliphatic heterocycles. The summed E-state index contributed by atoms with van der Waals surface area (Å²) >= 11 is 6.65. The van der Waals surface area contributed by atoms with Crippen LogP contribution in [0.4, 0.5) is 0 Å². The molecule has 0 nitrogen and oxygen atoms in total. The average molecular weight is 421 g/mol. The van der Waals surface area contributed by atoms with Gasteiger partial charge in [0, 0.05) is 0 Å². The molecule has 0 radical (unpaired) electrons. The number of rotatable bonds is 0. The summed E-state index contributed by atoms with van der Waals surface area (Å²) in [7, 11) is 9.71. The van der Waals surface area contributed by atoms with Crippen LogP contribution >= 0.6 is 66.4 Å². The van der Waals surface area contributed by atoms with Gasteiger partial charge in [-0.2, -0.15) is 47.0 Å². The molecule has 0 heterocycles. The first-order chi connectivity index (χ1) is 7.07. The Hall–Kier alpha value is 2.60. The van der Waals surface area contributed by atoms with Crippen molar-refractivity contribution >= 4 is 66.4 Å². The van der Waals surface area contributed by atoms with E-state index in [1.807, 2.05) is 50.0 Å². The van der Waals surface area contributed by atoms with Crippen LogP contribution in [0.15, 0.2) is 0 Å². The third kappa shape index (κ3) is 522. The molecule has 0 rings (SSSR count). The van der Waals surface area contributed by atoms with Crippen molar-refractivity contribution in [3.8, 4) is 0 Å². The fraction of sp³-hybridized carbons (Fsp3) is 1.00. The maximum absolute atomic E-state index is 4.85. The zero-order valence-corrected chi connectivity index (χ0v) is 17.3. The Bertz CT molecular complexity index is 36.2. The molecule has 0 spiro atoms. The van der Waals surface area contributed by atoms with E-state index >= 15 is 0 Å². The van der Waals surface area contributed by atoms with E-state index in [4.69, 9.17) is 19.4 Å². The molecule has 0 saturated heterocycles. The fourth-order valence-electron chi connectivity index (χ4n) is 0. The van der Waals surface area contributed by atoms with Gasteiger partial charge in [-0.05, 0) is 50.0 Å². The van der Waals surface area contributed by atoms with Crippen molar-refractivity contribution < 1.29 is 15.1 Å². The SMILES string of the molecule is CSC.CSC.CSC.CSC.[Cl][Ru][Cl]. The van der Waals surface area contributed by atoms with Crippen molar-refractivity contribution in [1.29, 1.82) is 0 Å². The van der Waals surface area contributed by atoms with Crippen molar-refractivity contribution in [3.63, 3.8) is 0 Å². The van der Waals surface area contributed by atoms with Crippen LogP contribution in [0.3, 0.4) is 0 Å². The summed E-state index contributed by atoms with van der Waals surface area (Å²) in [6.07, 6.45) is 16.3. The van der Waals surface area contributed by atoms with E-state index in [1.54, 1.807) is 47.0 Å². The van der Waals surface area contributed by atoms with Crippen LogP contribution in [0.5, 0.6) is 0 Å². The van der Waals surface area contributed by atoms with Crippen LogP contribution in [-0.4, -0.2) is 50.0 Å². The molecular weight excluding hydrogens is 396 g/mol.